The number of aryl methyl sites for hydroxylation is 1. The zero-order chi connectivity index (χ0) is 10.7. The standard InChI is InChI=1S/C12H16ClNS/c1-9-2-3-11(8-12(9)13)14-10-4-6-15-7-5-10/h2-3,8,10,14H,4-7H2,1H3. The van der Waals surface area contributed by atoms with Gasteiger partial charge in [0, 0.05) is 16.8 Å². The van der Waals surface area contributed by atoms with Crippen LogP contribution < -0.4 is 5.32 Å². The highest BCUT2D eigenvalue weighted by Gasteiger charge is 2.13. The Labute approximate surface area is 101 Å². The van der Waals surface area contributed by atoms with Gasteiger partial charge in [-0.05, 0) is 49.0 Å². The highest BCUT2D eigenvalue weighted by atomic mass is 35.5. The van der Waals surface area contributed by atoms with E-state index in [1.807, 2.05) is 24.8 Å². The predicted molar refractivity (Wildman–Crippen MR) is 70.2 cm³/mol. The van der Waals surface area contributed by atoms with E-state index in [9.17, 15) is 0 Å². The van der Waals surface area contributed by atoms with Crippen molar-refractivity contribution >= 4 is 29.1 Å². The second-order valence-corrected chi connectivity index (χ2v) is 5.63. The quantitative estimate of drug-likeness (QED) is 0.841. The molecular formula is C12H16ClNS. The van der Waals surface area contributed by atoms with Crippen molar-refractivity contribution in [2.75, 3.05) is 16.8 Å². The van der Waals surface area contributed by atoms with Crippen molar-refractivity contribution in [1.82, 2.24) is 0 Å². The first-order valence-electron chi connectivity index (χ1n) is 5.36. The fourth-order valence-electron chi connectivity index (χ4n) is 1.76. The van der Waals surface area contributed by atoms with Crippen LogP contribution in [0.25, 0.3) is 0 Å². The summed E-state index contributed by atoms with van der Waals surface area (Å²) < 4.78 is 0. The highest BCUT2D eigenvalue weighted by molar-refractivity contribution is 7.99. The van der Waals surface area contributed by atoms with Crippen molar-refractivity contribution in [3.05, 3.63) is 28.8 Å². The number of thioether (sulfide) groups is 1. The average Bonchev–Trinajstić information content (AvgIpc) is 2.25. The third-order valence-corrected chi connectivity index (χ3v) is 4.22. The number of hydrogen-bond donors (Lipinski definition) is 1. The normalized spacial score (nSPS) is 17.7. The number of hydrogen-bond acceptors (Lipinski definition) is 2. The number of rotatable bonds is 2. The van der Waals surface area contributed by atoms with Crippen LogP contribution in [0.1, 0.15) is 18.4 Å². The molecule has 1 aromatic carbocycles. The molecule has 0 spiro atoms. The third-order valence-electron chi connectivity index (χ3n) is 2.76. The summed E-state index contributed by atoms with van der Waals surface area (Å²) in [7, 11) is 0. The molecule has 0 amide bonds. The number of anilines is 1. The van der Waals surface area contributed by atoms with Crippen LogP contribution in [0.2, 0.25) is 5.02 Å². The molecule has 0 atom stereocenters. The lowest BCUT2D eigenvalue weighted by Crippen LogP contribution is -2.24. The van der Waals surface area contributed by atoms with Crippen LogP contribution >= 0.6 is 23.4 Å². The zero-order valence-corrected chi connectivity index (χ0v) is 10.5. The third kappa shape index (κ3) is 3.05. The molecule has 0 saturated carbocycles. The van der Waals surface area contributed by atoms with Crippen molar-refractivity contribution < 1.29 is 0 Å². The Bertz CT molecular complexity index is 334. The van der Waals surface area contributed by atoms with Gasteiger partial charge in [0.15, 0.2) is 0 Å². The molecule has 1 fully saturated rings. The summed E-state index contributed by atoms with van der Waals surface area (Å²) >= 11 is 8.14. The van der Waals surface area contributed by atoms with Crippen molar-refractivity contribution in [2.24, 2.45) is 0 Å². The molecule has 1 N–H and O–H groups in total. The summed E-state index contributed by atoms with van der Waals surface area (Å²) in [5.41, 5.74) is 2.30. The molecule has 1 nitrogen and oxygen atoms in total. The van der Waals surface area contributed by atoms with Crippen molar-refractivity contribution in [2.45, 2.75) is 25.8 Å². The van der Waals surface area contributed by atoms with Gasteiger partial charge in [-0.1, -0.05) is 17.7 Å². The summed E-state index contributed by atoms with van der Waals surface area (Å²) in [6.45, 7) is 2.03. The summed E-state index contributed by atoms with van der Waals surface area (Å²) in [5, 5.41) is 4.40. The van der Waals surface area contributed by atoms with Gasteiger partial charge in [-0.15, -0.1) is 0 Å². The van der Waals surface area contributed by atoms with Crippen molar-refractivity contribution in [3.63, 3.8) is 0 Å². The van der Waals surface area contributed by atoms with E-state index in [1.165, 1.54) is 24.3 Å². The molecule has 1 aliphatic rings. The molecule has 0 aromatic heterocycles. The predicted octanol–water partition coefficient (Wildman–Crippen LogP) is 3.96. The van der Waals surface area contributed by atoms with Gasteiger partial charge in [0.1, 0.15) is 0 Å². The highest BCUT2D eigenvalue weighted by Crippen LogP contribution is 2.24. The summed E-state index contributed by atoms with van der Waals surface area (Å²) in [5.74, 6) is 2.55. The van der Waals surface area contributed by atoms with Gasteiger partial charge in [0.2, 0.25) is 0 Å². The summed E-state index contributed by atoms with van der Waals surface area (Å²) in [6, 6.07) is 6.84. The number of nitrogens with one attached hydrogen (secondary N) is 1. The largest absolute Gasteiger partial charge is 0.382 e. The van der Waals surface area contributed by atoms with Gasteiger partial charge in [-0.3, -0.25) is 0 Å². The molecule has 3 heteroatoms. The van der Waals surface area contributed by atoms with Crippen LogP contribution in [0.5, 0.6) is 0 Å². The Hall–Kier alpha value is -0.340. The van der Waals surface area contributed by atoms with Crippen LogP contribution in [0.15, 0.2) is 18.2 Å². The Balaban J connectivity index is 2.00. The molecule has 1 aromatic rings. The molecule has 1 aliphatic heterocycles. The second-order valence-electron chi connectivity index (χ2n) is 3.99. The Morgan fingerprint density at radius 1 is 1.33 bits per heavy atom. The van der Waals surface area contributed by atoms with E-state index in [-0.39, 0.29) is 0 Å². The van der Waals surface area contributed by atoms with Gasteiger partial charge in [-0.2, -0.15) is 11.8 Å². The van der Waals surface area contributed by atoms with E-state index in [2.05, 4.69) is 17.4 Å². The Kier molecular flexibility index (Phi) is 3.81. The fraction of sp³-hybridized carbons (Fsp3) is 0.500. The van der Waals surface area contributed by atoms with Gasteiger partial charge < -0.3 is 5.32 Å². The minimum Gasteiger partial charge on any atom is -0.382 e. The maximum absolute atomic E-state index is 6.09. The summed E-state index contributed by atoms with van der Waals surface area (Å²) in [6.07, 6.45) is 2.52. The molecule has 0 aliphatic carbocycles. The molecule has 1 heterocycles. The van der Waals surface area contributed by atoms with E-state index in [0.29, 0.717) is 6.04 Å². The van der Waals surface area contributed by atoms with E-state index < -0.39 is 0 Å². The van der Waals surface area contributed by atoms with Crippen LogP contribution in [-0.2, 0) is 0 Å². The van der Waals surface area contributed by atoms with Crippen LogP contribution in [-0.4, -0.2) is 17.5 Å². The van der Waals surface area contributed by atoms with Gasteiger partial charge in [0.05, 0.1) is 0 Å². The van der Waals surface area contributed by atoms with Gasteiger partial charge in [0.25, 0.3) is 0 Å². The first kappa shape index (κ1) is 11.2. The first-order chi connectivity index (χ1) is 7.25. The number of benzene rings is 1. The second kappa shape index (κ2) is 5.13. The molecule has 0 unspecified atom stereocenters. The SMILES string of the molecule is Cc1ccc(NC2CCSCC2)cc1Cl. The monoisotopic (exact) mass is 241 g/mol. The van der Waals surface area contributed by atoms with Crippen LogP contribution in [0.4, 0.5) is 5.69 Å². The Morgan fingerprint density at radius 3 is 2.73 bits per heavy atom. The van der Waals surface area contributed by atoms with Gasteiger partial charge in [-0.25, -0.2) is 0 Å². The summed E-state index contributed by atoms with van der Waals surface area (Å²) in [4.78, 5) is 0. The minimum atomic E-state index is 0.630. The minimum absolute atomic E-state index is 0.630. The maximum Gasteiger partial charge on any atom is 0.0455 e. The number of halogens is 1. The molecule has 0 radical (unpaired) electrons. The maximum atomic E-state index is 6.09. The van der Waals surface area contributed by atoms with E-state index in [0.717, 1.165) is 16.3 Å². The van der Waals surface area contributed by atoms with E-state index in [1.54, 1.807) is 0 Å². The zero-order valence-electron chi connectivity index (χ0n) is 8.92. The molecule has 1 saturated heterocycles. The molecular weight excluding hydrogens is 226 g/mol. The first-order valence-corrected chi connectivity index (χ1v) is 6.89. The molecule has 0 bridgehead atoms. The Morgan fingerprint density at radius 2 is 2.07 bits per heavy atom. The van der Waals surface area contributed by atoms with Crippen LogP contribution in [0, 0.1) is 6.92 Å². The average molecular weight is 242 g/mol. The lowest BCUT2D eigenvalue weighted by Gasteiger charge is -2.23. The van der Waals surface area contributed by atoms with E-state index in [4.69, 9.17) is 11.6 Å². The van der Waals surface area contributed by atoms with Gasteiger partial charge >= 0.3 is 0 Å². The molecule has 15 heavy (non-hydrogen) atoms. The lowest BCUT2D eigenvalue weighted by molar-refractivity contribution is 0.667. The smallest absolute Gasteiger partial charge is 0.0455 e. The fourth-order valence-corrected chi connectivity index (χ4v) is 3.05. The van der Waals surface area contributed by atoms with Crippen molar-refractivity contribution in [3.8, 4) is 0 Å². The van der Waals surface area contributed by atoms with E-state index >= 15 is 0 Å². The van der Waals surface area contributed by atoms with Crippen LogP contribution in [0.3, 0.4) is 0 Å². The topological polar surface area (TPSA) is 12.0 Å². The molecule has 82 valence electrons. The van der Waals surface area contributed by atoms with Crippen molar-refractivity contribution in [1.29, 1.82) is 0 Å². The molecule has 2 rings (SSSR count). The lowest BCUT2D eigenvalue weighted by atomic mass is 10.1.